The molecule has 0 aromatic carbocycles. The van der Waals surface area contributed by atoms with Gasteiger partial charge < -0.3 is 0 Å². The second-order valence-corrected chi connectivity index (χ2v) is 7.46. The van der Waals surface area contributed by atoms with Crippen LogP contribution in [-0.4, -0.2) is 24.9 Å². The maximum atomic E-state index is 11.2. The van der Waals surface area contributed by atoms with Crippen LogP contribution in [0.2, 0.25) is 5.32 Å². The molecule has 0 saturated carbocycles. The summed E-state index contributed by atoms with van der Waals surface area (Å²) in [6.45, 7) is 6.59. The average molecular weight is 237 g/mol. The fourth-order valence-corrected chi connectivity index (χ4v) is 5.90. The van der Waals surface area contributed by atoms with Crippen LogP contribution >= 0.6 is 0 Å². The molecular formula is C8H14OSSe. The third-order valence-corrected chi connectivity index (χ3v) is 6.59. The number of rotatable bonds is 0. The monoisotopic (exact) mass is 238 g/mol. The summed E-state index contributed by atoms with van der Waals surface area (Å²) in [5.41, 5.74) is 0.246. The SMILES string of the molecule is CC(C)(C)C1=CS(=O)CC[Se]1. The molecule has 0 radical (unpaired) electrons. The Labute approximate surface area is 77.3 Å². The van der Waals surface area contributed by atoms with Crippen molar-refractivity contribution in [2.75, 3.05) is 5.75 Å². The van der Waals surface area contributed by atoms with Crippen LogP contribution in [0.1, 0.15) is 20.8 Å². The van der Waals surface area contributed by atoms with E-state index in [1.54, 1.807) is 0 Å². The molecule has 0 aromatic heterocycles. The molecule has 1 heterocycles. The molecule has 11 heavy (non-hydrogen) atoms. The summed E-state index contributed by atoms with van der Waals surface area (Å²) in [6.07, 6.45) is 0. The normalized spacial score (nSPS) is 26.5. The van der Waals surface area contributed by atoms with E-state index in [-0.39, 0.29) is 5.41 Å². The zero-order valence-corrected chi connectivity index (χ0v) is 9.75. The first-order chi connectivity index (χ1) is 5.00. The molecular weight excluding hydrogens is 223 g/mol. The Morgan fingerprint density at radius 1 is 1.55 bits per heavy atom. The fraction of sp³-hybridized carbons (Fsp3) is 0.750. The van der Waals surface area contributed by atoms with Gasteiger partial charge in [0, 0.05) is 0 Å². The van der Waals surface area contributed by atoms with E-state index in [1.807, 2.05) is 5.41 Å². The molecule has 0 N–H and O–H groups in total. The average Bonchev–Trinajstić information content (AvgIpc) is 1.86. The number of allylic oxidation sites excluding steroid dienone is 1. The molecule has 1 atom stereocenters. The molecule has 1 nitrogen and oxygen atoms in total. The molecule has 1 aliphatic rings. The Balaban J connectivity index is 2.79. The van der Waals surface area contributed by atoms with E-state index in [0.29, 0.717) is 15.0 Å². The van der Waals surface area contributed by atoms with Gasteiger partial charge in [0.1, 0.15) is 0 Å². The van der Waals surface area contributed by atoms with Gasteiger partial charge in [0.15, 0.2) is 0 Å². The molecule has 3 heteroatoms. The van der Waals surface area contributed by atoms with Crippen molar-refractivity contribution in [3.63, 3.8) is 0 Å². The van der Waals surface area contributed by atoms with E-state index in [9.17, 15) is 4.21 Å². The van der Waals surface area contributed by atoms with Crippen LogP contribution < -0.4 is 0 Å². The first kappa shape index (κ1) is 9.50. The molecule has 0 aromatic rings. The van der Waals surface area contributed by atoms with Crippen LogP contribution in [0.5, 0.6) is 0 Å². The summed E-state index contributed by atoms with van der Waals surface area (Å²) < 4.78 is 12.6. The van der Waals surface area contributed by atoms with Crippen LogP contribution in [0.25, 0.3) is 0 Å². The zero-order chi connectivity index (χ0) is 8.48. The van der Waals surface area contributed by atoms with Gasteiger partial charge in [-0.25, -0.2) is 0 Å². The van der Waals surface area contributed by atoms with Crippen LogP contribution in [0.3, 0.4) is 0 Å². The van der Waals surface area contributed by atoms with Crippen LogP contribution in [0.4, 0.5) is 0 Å². The topological polar surface area (TPSA) is 17.1 Å². The predicted octanol–water partition coefficient (Wildman–Crippen LogP) is 1.76. The van der Waals surface area contributed by atoms with Gasteiger partial charge in [0.25, 0.3) is 0 Å². The Morgan fingerprint density at radius 2 is 2.18 bits per heavy atom. The second kappa shape index (κ2) is 3.42. The predicted molar refractivity (Wildman–Crippen MR) is 51.1 cm³/mol. The van der Waals surface area contributed by atoms with E-state index >= 15 is 0 Å². The molecule has 0 aliphatic carbocycles. The van der Waals surface area contributed by atoms with E-state index < -0.39 is 10.8 Å². The molecule has 1 aliphatic heterocycles. The van der Waals surface area contributed by atoms with Crippen molar-refractivity contribution in [3.05, 3.63) is 9.88 Å². The molecule has 0 spiro atoms. The quantitative estimate of drug-likeness (QED) is 0.587. The third kappa shape index (κ3) is 2.73. The molecule has 0 saturated heterocycles. The second-order valence-electron chi connectivity index (χ2n) is 3.67. The third-order valence-electron chi connectivity index (χ3n) is 1.52. The van der Waals surface area contributed by atoms with E-state index in [2.05, 4.69) is 20.8 Å². The summed E-state index contributed by atoms with van der Waals surface area (Å²) >= 11 is 0.603. The molecule has 0 fully saturated rings. The van der Waals surface area contributed by atoms with Crippen molar-refractivity contribution in [1.82, 2.24) is 0 Å². The first-order valence-electron chi connectivity index (χ1n) is 3.72. The van der Waals surface area contributed by atoms with Gasteiger partial charge in [0.2, 0.25) is 0 Å². The number of hydrogen-bond donors (Lipinski definition) is 0. The summed E-state index contributed by atoms with van der Waals surface area (Å²) in [4.78, 5) is 0. The standard InChI is InChI=1S/C8H14OSSe/c1-8(2,3)7-6-10(9)4-5-11-7/h6H,4-5H2,1-3H3. The molecule has 0 bridgehead atoms. The molecule has 1 rings (SSSR count). The van der Waals surface area contributed by atoms with Gasteiger partial charge in [-0.3, -0.25) is 0 Å². The Morgan fingerprint density at radius 3 is 2.55 bits per heavy atom. The molecule has 1 unspecified atom stereocenters. The van der Waals surface area contributed by atoms with Crippen molar-refractivity contribution in [2.45, 2.75) is 26.1 Å². The maximum absolute atomic E-state index is 11.2. The zero-order valence-electron chi connectivity index (χ0n) is 7.22. The Kier molecular flexibility index (Phi) is 2.96. The van der Waals surface area contributed by atoms with Gasteiger partial charge in [-0.1, -0.05) is 0 Å². The van der Waals surface area contributed by atoms with Gasteiger partial charge >= 0.3 is 77.1 Å². The van der Waals surface area contributed by atoms with Crippen LogP contribution in [0, 0.1) is 5.41 Å². The fourth-order valence-electron chi connectivity index (χ4n) is 0.839. The Bertz CT molecular complexity index is 203. The first-order valence-corrected chi connectivity index (χ1v) is 7.17. The van der Waals surface area contributed by atoms with Crippen LogP contribution in [-0.2, 0) is 10.8 Å². The van der Waals surface area contributed by atoms with Crippen LogP contribution in [0.15, 0.2) is 9.88 Å². The van der Waals surface area contributed by atoms with Crippen molar-refractivity contribution >= 4 is 25.8 Å². The van der Waals surface area contributed by atoms with Gasteiger partial charge in [-0.05, 0) is 0 Å². The summed E-state index contributed by atoms with van der Waals surface area (Å²) in [5.74, 6) is 0.888. The summed E-state index contributed by atoms with van der Waals surface area (Å²) in [7, 11) is -0.663. The Hall–Kier alpha value is 0.409. The van der Waals surface area contributed by atoms with Crippen molar-refractivity contribution in [3.8, 4) is 0 Å². The molecule has 0 amide bonds. The number of hydrogen-bond acceptors (Lipinski definition) is 1. The van der Waals surface area contributed by atoms with Crippen molar-refractivity contribution < 1.29 is 4.21 Å². The minimum absolute atomic E-state index is 0.246. The van der Waals surface area contributed by atoms with Gasteiger partial charge in [-0.15, -0.1) is 0 Å². The van der Waals surface area contributed by atoms with E-state index in [1.165, 1.54) is 4.47 Å². The summed E-state index contributed by atoms with van der Waals surface area (Å²) in [5, 5.41) is 3.13. The van der Waals surface area contributed by atoms with E-state index in [4.69, 9.17) is 0 Å². The van der Waals surface area contributed by atoms with Crippen molar-refractivity contribution in [2.24, 2.45) is 5.41 Å². The minimum atomic E-state index is -0.663. The van der Waals surface area contributed by atoms with Crippen molar-refractivity contribution in [1.29, 1.82) is 0 Å². The summed E-state index contributed by atoms with van der Waals surface area (Å²) in [6, 6.07) is 0. The van der Waals surface area contributed by atoms with E-state index in [0.717, 1.165) is 11.1 Å². The molecule has 64 valence electrons. The van der Waals surface area contributed by atoms with Gasteiger partial charge in [-0.2, -0.15) is 0 Å². The van der Waals surface area contributed by atoms with Gasteiger partial charge in [0.05, 0.1) is 0 Å².